The molecular weight excluding hydrogens is 480 g/mol. The highest BCUT2D eigenvalue weighted by atomic mass is 32.1. The van der Waals surface area contributed by atoms with Gasteiger partial charge in [0.1, 0.15) is 12.7 Å². The molecule has 0 aliphatic rings. The van der Waals surface area contributed by atoms with Crippen molar-refractivity contribution in [3.8, 4) is 20.9 Å². The van der Waals surface area contributed by atoms with Crippen LogP contribution in [-0.2, 0) is 0 Å². The molecule has 8 aromatic rings. The molecule has 0 aliphatic carbocycles. The van der Waals surface area contributed by atoms with Crippen LogP contribution in [0.2, 0.25) is 0 Å². The van der Waals surface area contributed by atoms with E-state index in [4.69, 9.17) is 0 Å². The summed E-state index contributed by atoms with van der Waals surface area (Å²) in [6, 6.07) is 22.7. The Morgan fingerprint density at radius 3 is 1.11 bits per heavy atom. The fourth-order valence-electron chi connectivity index (χ4n) is 5.22. The van der Waals surface area contributed by atoms with Crippen LogP contribution in [0.15, 0.2) is 98.1 Å². The molecule has 0 bridgehead atoms. The standard InChI is InChI=1S/C30H16N4S2/c1-3-23-22(6-8-27-25(23)9-29(35-27)17-11-31-15-32-12-17)20-2-4-24-21(19(1)20)5-7-28-26(24)10-30(36-28)18-13-33-16-34-14-18/h1-16H. The van der Waals surface area contributed by atoms with E-state index >= 15 is 0 Å². The molecule has 0 unspecified atom stereocenters. The highest BCUT2D eigenvalue weighted by molar-refractivity contribution is 7.22. The van der Waals surface area contributed by atoms with Gasteiger partial charge < -0.3 is 0 Å². The summed E-state index contributed by atoms with van der Waals surface area (Å²) < 4.78 is 2.55. The van der Waals surface area contributed by atoms with Crippen LogP contribution in [0.4, 0.5) is 0 Å². The minimum Gasteiger partial charge on any atom is -0.244 e. The van der Waals surface area contributed by atoms with Crippen molar-refractivity contribution < 1.29 is 0 Å². The van der Waals surface area contributed by atoms with Crippen molar-refractivity contribution in [2.45, 2.75) is 0 Å². The van der Waals surface area contributed by atoms with Gasteiger partial charge >= 0.3 is 0 Å². The first-order valence-corrected chi connectivity index (χ1v) is 13.2. The van der Waals surface area contributed by atoms with Crippen molar-refractivity contribution in [3.63, 3.8) is 0 Å². The van der Waals surface area contributed by atoms with Gasteiger partial charge in [-0.15, -0.1) is 22.7 Å². The molecule has 0 aliphatic heterocycles. The molecule has 36 heavy (non-hydrogen) atoms. The van der Waals surface area contributed by atoms with Gasteiger partial charge in [0.2, 0.25) is 0 Å². The van der Waals surface area contributed by atoms with E-state index in [9.17, 15) is 0 Å². The summed E-state index contributed by atoms with van der Waals surface area (Å²) in [5, 5.41) is 10.2. The highest BCUT2D eigenvalue weighted by Gasteiger charge is 2.13. The van der Waals surface area contributed by atoms with E-state index in [0.717, 1.165) is 11.1 Å². The minimum absolute atomic E-state index is 1.06. The molecule has 4 heterocycles. The minimum atomic E-state index is 1.06. The third-order valence-corrected chi connectivity index (χ3v) is 9.18. The first-order chi connectivity index (χ1) is 17.8. The van der Waals surface area contributed by atoms with Gasteiger partial charge in [-0.1, -0.05) is 36.4 Å². The van der Waals surface area contributed by atoms with E-state index in [1.54, 1.807) is 35.3 Å². The first kappa shape index (κ1) is 20.0. The lowest BCUT2D eigenvalue weighted by Gasteiger charge is -2.09. The van der Waals surface area contributed by atoms with Crippen molar-refractivity contribution in [2.24, 2.45) is 0 Å². The predicted molar refractivity (Wildman–Crippen MR) is 152 cm³/mol. The second-order valence-corrected chi connectivity index (χ2v) is 11.0. The Kier molecular flexibility index (Phi) is 4.23. The number of benzene rings is 4. The quantitative estimate of drug-likeness (QED) is 0.225. The molecular formula is C30H16N4S2. The number of thiophene rings is 2. The van der Waals surface area contributed by atoms with Gasteiger partial charge in [-0.05, 0) is 56.6 Å². The summed E-state index contributed by atoms with van der Waals surface area (Å²) >= 11 is 3.57. The Morgan fingerprint density at radius 1 is 0.389 bits per heavy atom. The summed E-state index contributed by atoms with van der Waals surface area (Å²) in [4.78, 5) is 19.2. The van der Waals surface area contributed by atoms with Crippen molar-refractivity contribution in [1.29, 1.82) is 0 Å². The van der Waals surface area contributed by atoms with E-state index in [1.807, 2.05) is 24.8 Å². The van der Waals surface area contributed by atoms with Crippen LogP contribution in [0.3, 0.4) is 0 Å². The van der Waals surface area contributed by atoms with Crippen LogP contribution >= 0.6 is 22.7 Å². The lowest BCUT2D eigenvalue weighted by atomic mass is 9.94. The van der Waals surface area contributed by atoms with Crippen molar-refractivity contribution in [2.75, 3.05) is 0 Å². The monoisotopic (exact) mass is 496 g/mol. The Bertz CT molecular complexity index is 1940. The summed E-state index contributed by atoms with van der Waals surface area (Å²) in [5.74, 6) is 0. The topological polar surface area (TPSA) is 51.6 Å². The molecule has 4 aromatic carbocycles. The Balaban J connectivity index is 1.36. The van der Waals surface area contributed by atoms with Gasteiger partial charge in [-0.25, -0.2) is 19.9 Å². The molecule has 0 amide bonds. The molecule has 6 heteroatoms. The first-order valence-electron chi connectivity index (χ1n) is 11.6. The molecule has 0 atom stereocenters. The normalized spacial score (nSPS) is 11.9. The molecule has 0 saturated heterocycles. The SMILES string of the molecule is c1ncc(-c2cc3c(ccc4c3ccc3c5ccc6sc(-c7cncnc7)cc6c5ccc43)s2)cn1. The van der Waals surface area contributed by atoms with Gasteiger partial charge in [-0.3, -0.25) is 0 Å². The molecule has 0 spiro atoms. The molecule has 0 N–H and O–H groups in total. The van der Waals surface area contributed by atoms with E-state index in [1.165, 1.54) is 62.2 Å². The van der Waals surface area contributed by atoms with Crippen LogP contribution in [0.25, 0.3) is 73.4 Å². The van der Waals surface area contributed by atoms with Gasteiger partial charge in [0.05, 0.1) is 0 Å². The maximum atomic E-state index is 4.19. The van der Waals surface area contributed by atoms with Crippen LogP contribution < -0.4 is 0 Å². The van der Waals surface area contributed by atoms with Crippen LogP contribution in [0.1, 0.15) is 0 Å². The summed E-state index contributed by atoms with van der Waals surface area (Å²) in [6.45, 7) is 0. The van der Waals surface area contributed by atoms with Crippen LogP contribution in [0.5, 0.6) is 0 Å². The molecule has 168 valence electrons. The smallest absolute Gasteiger partial charge is 0.115 e. The van der Waals surface area contributed by atoms with E-state index < -0.39 is 0 Å². The number of hydrogen-bond donors (Lipinski definition) is 0. The fraction of sp³-hybridized carbons (Fsp3) is 0. The average Bonchev–Trinajstić information content (AvgIpc) is 3.58. The highest BCUT2D eigenvalue weighted by Crippen LogP contribution is 2.42. The maximum absolute atomic E-state index is 4.19. The number of rotatable bonds is 2. The molecule has 8 rings (SSSR count). The zero-order valence-corrected chi connectivity index (χ0v) is 20.5. The van der Waals surface area contributed by atoms with Gasteiger partial charge in [0.25, 0.3) is 0 Å². The second kappa shape index (κ2) is 7.62. The van der Waals surface area contributed by atoms with Crippen LogP contribution in [-0.4, -0.2) is 19.9 Å². The van der Waals surface area contributed by atoms with Crippen molar-refractivity contribution in [3.05, 3.63) is 98.1 Å². The summed E-state index contributed by atoms with van der Waals surface area (Å²) in [5.41, 5.74) is 2.11. The summed E-state index contributed by atoms with van der Waals surface area (Å²) in [6.07, 6.45) is 10.7. The molecule has 0 saturated carbocycles. The fourth-order valence-corrected chi connectivity index (χ4v) is 7.32. The van der Waals surface area contributed by atoms with Crippen molar-refractivity contribution in [1.82, 2.24) is 19.9 Å². The number of nitrogens with zero attached hydrogens (tertiary/aromatic N) is 4. The van der Waals surface area contributed by atoms with Gasteiger partial charge in [0.15, 0.2) is 0 Å². The van der Waals surface area contributed by atoms with Crippen LogP contribution in [0, 0.1) is 0 Å². The van der Waals surface area contributed by atoms with E-state index in [2.05, 4.69) is 80.6 Å². The third-order valence-electron chi connectivity index (χ3n) is 6.88. The Morgan fingerprint density at radius 2 is 0.722 bits per heavy atom. The van der Waals surface area contributed by atoms with E-state index in [-0.39, 0.29) is 0 Å². The number of fused-ring (bicyclic) bond motifs is 9. The third kappa shape index (κ3) is 2.92. The Labute approximate surface area is 213 Å². The number of hydrogen-bond acceptors (Lipinski definition) is 6. The number of aromatic nitrogens is 4. The Hall–Kier alpha value is -4.26. The predicted octanol–water partition coefficient (Wildman–Crippen LogP) is 8.49. The van der Waals surface area contributed by atoms with Gasteiger partial charge in [-0.2, -0.15) is 0 Å². The second-order valence-electron chi connectivity index (χ2n) is 8.85. The molecule has 0 radical (unpaired) electrons. The largest absolute Gasteiger partial charge is 0.244 e. The molecule has 0 fully saturated rings. The zero-order chi connectivity index (χ0) is 23.6. The lowest BCUT2D eigenvalue weighted by Crippen LogP contribution is -1.82. The average molecular weight is 497 g/mol. The van der Waals surface area contributed by atoms with Gasteiger partial charge in [0, 0.05) is 65.8 Å². The summed E-state index contributed by atoms with van der Waals surface area (Å²) in [7, 11) is 0. The maximum Gasteiger partial charge on any atom is 0.115 e. The molecule has 4 aromatic heterocycles. The molecule has 4 nitrogen and oxygen atoms in total. The van der Waals surface area contributed by atoms with Crippen molar-refractivity contribution >= 4 is 75.2 Å². The van der Waals surface area contributed by atoms with E-state index in [0.29, 0.717) is 0 Å². The lowest BCUT2D eigenvalue weighted by molar-refractivity contribution is 1.17. The zero-order valence-electron chi connectivity index (χ0n) is 18.8.